The highest BCUT2D eigenvalue weighted by Crippen LogP contribution is 2.25. The van der Waals surface area contributed by atoms with Crippen molar-refractivity contribution in [3.8, 4) is 0 Å². The molecule has 3 nitrogen and oxygen atoms in total. The molecule has 0 bridgehead atoms. The molecule has 2 aliphatic rings. The molecule has 0 radical (unpaired) electrons. The van der Waals surface area contributed by atoms with Gasteiger partial charge in [0.2, 0.25) is 0 Å². The first-order valence-electron chi connectivity index (χ1n) is 8.29. The highest BCUT2D eigenvalue weighted by Gasteiger charge is 2.24. The van der Waals surface area contributed by atoms with E-state index in [1.807, 2.05) is 12.1 Å². The first-order chi connectivity index (χ1) is 10.2. The van der Waals surface area contributed by atoms with E-state index in [4.69, 9.17) is 11.6 Å². The van der Waals surface area contributed by atoms with E-state index in [0.29, 0.717) is 0 Å². The molecule has 4 heteroatoms. The fraction of sp³-hybridized carbons (Fsp3) is 0.706. The minimum atomic E-state index is 0.717. The first kappa shape index (κ1) is 15.1. The van der Waals surface area contributed by atoms with Gasteiger partial charge >= 0.3 is 0 Å². The van der Waals surface area contributed by atoms with Gasteiger partial charge in [-0.25, -0.2) is 4.98 Å². The Labute approximate surface area is 133 Å². The molecular weight excluding hydrogens is 282 g/mol. The van der Waals surface area contributed by atoms with E-state index in [0.717, 1.165) is 35.8 Å². The predicted molar refractivity (Wildman–Crippen MR) is 89.0 cm³/mol. The van der Waals surface area contributed by atoms with Gasteiger partial charge in [-0.15, -0.1) is 0 Å². The molecule has 1 aromatic heterocycles. The molecular formula is C17H26ClN3. The quantitative estimate of drug-likeness (QED) is 0.849. The summed E-state index contributed by atoms with van der Waals surface area (Å²) in [5.74, 6) is 2.78. The van der Waals surface area contributed by atoms with Gasteiger partial charge in [-0.05, 0) is 62.7 Å². The second-order valence-corrected chi connectivity index (χ2v) is 7.21. The van der Waals surface area contributed by atoms with E-state index in [1.165, 1.54) is 45.3 Å². The Hall–Kier alpha value is -0.800. The lowest BCUT2D eigenvalue weighted by molar-refractivity contribution is 0.159. The Balaban J connectivity index is 1.54. The number of rotatable bonds is 3. The van der Waals surface area contributed by atoms with E-state index in [9.17, 15) is 0 Å². The minimum absolute atomic E-state index is 0.717. The number of hydrogen-bond acceptors (Lipinski definition) is 3. The monoisotopic (exact) mass is 307 g/mol. The van der Waals surface area contributed by atoms with Crippen molar-refractivity contribution in [1.29, 1.82) is 0 Å². The Morgan fingerprint density at radius 2 is 2.00 bits per heavy atom. The summed E-state index contributed by atoms with van der Waals surface area (Å²) in [5.41, 5.74) is 0. The van der Waals surface area contributed by atoms with Crippen LogP contribution in [0.2, 0.25) is 5.02 Å². The van der Waals surface area contributed by atoms with Crippen LogP contribution in [0.5, 0.6) is 0 Å². The van der Waals surface area contributed by atoms with E-state index in [1.54, 1.807) is 6.20 Å². The number of aromatic nitrogens is 1. The number of hydrogen-bond donors (Lipinski definition) is 0. The molecule has 0 amide bonds. The summed E-state index contributed by atoms with van der Waals surface area (Å²) in [6.07, 6.45) is 7.13. The third kappa shape index (κ3) is 4.10. The average molecular weight is 308 g/mol. The summed E-state index contributed by atoms with van der Waals surface area (Å²) in [5, 5.41) is 0.717. The van der Waals surface area contributed by atoms with Crippen LogP contribution in [0.3, 0.4) is 0 Å². The zero-order valence-corrected chi connectivity index (χ0v) is 13.7. The van der Waals surface area contributed by atoms with Crippen LogP contribution in [0, 0.1) is 11.8 Å². The topological polar surface area (TPSA) is 19.4 Å². The summed E-state index contributed by atoms with van der Waals surface area (Å²) in [6.45, 7) is 8.49. The van der Waals surface area contributed by atoms with Crippen LogP contribution in [0.1, 0.15) is 32.6 Å². The van der Waals surface area contributed by atoms with Gasteiger partial charge < -0.3 is 9.80 Å². The van der Waals surface area contributed by atoms with Crippen molar-refractivity contribution < 1.29 is 0 Å². The van der Waals surface area contributed by atoms with Crippen LogP contribution in [-0.2, 0) is 0 Å². The van der Waals surface area contributed by atoms with Crippen LogP contribution in [0.25, 0.3) is 0 Å². The maximum atomic E-state index is 5.93. The molecule has 1 atom stereocenters. The fourth-order valence-electron chi connectivity index (χ4n) is 3.59. The van der Waals surface area contributed by atoms with Gasteiger partial charge in [-0.2, -0.15) is 0 Å². The van der Waals surface area contributed by atoms with Crippen molar-refractivity contribution in [3.05, 3.63) is 23.4 Å². The van der Waals surface area contributed by atoms with Crippen LogP contribution in [-0.4, -0.2) is 42.6 Å². The third-order valence-corrected chi connectivity index (χ3v) is 5.17. The summed E-state index contributed by atoms with van der Waals surface area (Å²) in [7, 11) is 0. The molecule has 2 fully saturated rings. The van der Waals surface area contributed by atoms with Gasteiger partial charge in [0.25, 0.3) is 0 Å². The van der Waals surface area contributed by atoms with Crippen LogP contribution >= 0.6 is 11.6 Å². The van der Waals surface area contributed by atoms with Crippen molar-refractivity contribution >= 4 is 17.4 Å². The van der Waals surface area contributed by atoms with Gasteiger partial charge in [-0.1, -0.05) is 18.5 Å². The van der Waals surface area contributed by atoms with Crippen molar-refractivity contribution in [3.63, 3.8) is 0 Å². The van der Waals surface area contributed by atoms with E-state index >= 15 is 0 Å². The number of nitrogens with zero attached hydrogens (tertiary/aromatic N) is 3. The van der Waals surface area contributed by atoms with Gasteiger partial charge in [0.1, 0.15) is 5.82 Å². The number of piperidine rings is 2. The molecule has 116 valence electrons. The Morgan fingerprint density at radius 1 is 1.19 bits per heavy atom. The van der Waals surface area contributed by atoms with E-state index in [2.05, 4.69) is 21.7 Å². The molecule has 0 saturated carbocycles. The standard InChI is InChI=1S/C17H26ClN3/c1-14-6-9-20(10-7-14)12-15-3-2-8-21(13-15)17-5-4-16(18)11-19-17/h4-5,11,14-15H,2-3,6-10,12-13H2,1H3. The highest BCUT2D eigenvalue weighted by atomic mass is 35.5. The van der Waals surface area contributed by atoms with Crippen LogP contribution in [0.15, 0.2) is 18.3 Å². The van der Waals surface area contributed by atoms with Crippen LogP contribution < -0.4 is 4.90 Å². The molecule has 3 heterocycles. The molecule has 0 aliphatic carbocycles. The minimum Gasteiger partial charge on any atom is -0.356 e. The molecule has 0 aromatic carbocycles. The summed E-state index contributed by atoms with van der Waals surface area (Å²) in [6, 6.07) is 3.99. The lowest BCUT2D eigenvalue weighted by Crippen LogP contribution is -2.43. The van der Waals surface area contributed by atoms with Gasteiger partial charge in [-0.3, -0.25) is 0 Å². The predicted octanol–water partition coefficient (Wildman–Crippen LogP) is 3.68. The zero-order valence-electron chi connectivity index (χ0n) is 13.0. The van der Waals surface area contributed by atoms with Gasteiger partial charge in [0, 0.05) is 25.8 Å². The molecule has 1 aromatic rings. The Kier molecular flexibility index (Phi) is 5.02. The number of anilines is 1. The lowest BCUT2D eigenvalue weighted by Gasteiger charge is -2.38. The van der Waals surface area contributed by atoms with Gasteiger partial charge in [0.15, 0.2) is 0 Å². The maximum Gasteiger partial charge on any atom is 0.128 e. The van der Waals surface area contributed by atoms with Crippen molar-refractivity contribution in [2.45, 2.75) is 32.6 Å². The summed E-state index contributed by atoms with van der Waals surface area (Å²) in [4.78, 5) is 9.57. The van der Waals surface area contributed by atoms with Crippen molar-refractivity contribution in [2.24, 2.45) is 11.8 Å². The highest BCUT2D eigenvalue weighted by molar-refractivity contribution is 6.30. The summed E-state index contributed by atoms with van der Waals surface area (Å²) < 4.78 is 0. The lowest BCUT2D eigenvalue weighted by atomic mass is 9.94. The van der Waals surface area contributed by atoms with Crippen molar-refractivity contribution in [1.82, 2.24) is 9.88 Å². The molecule has 0 N–H and O–H groups in total. The Morgan fingerprint density at radius 3 is 2.71 bits per heavy atom. The number of likely N-dealkylation sites (tertiary alicyclic amines) is 1. The first-order valence-corrected chi connectivity index (χ1v) is 8.67. The fourth-order valence-corrected chi connectivity index (χ4v) is 3.70. The van der Waals surface area contributed by atoms with Gasteiger partial charge in [0.05, 0.1) is 5.02 Å². The maximum absolute atomic E-state index is 5.93. The second-order valence-electron chi connectivity index (χ2n) is 6.77. The average Bonchev–Trinajstić information content (AvgIpc) is 2.51. The van der Waals surface area contributed by atoms with Crippen LogP contribution in [0.4, 0.5) is 5.82 Å². The molecule has 2 aliphatic heterocycles. The van der Waals surface area contributed by atoms with E-state index in [-0.39, 0.29) is 0 Å². The molecule has 21 heavy (non-hydrogen) atoms. The SMILES string of the molecule is CC1CCN(CC2CCCN(c3ccc(Cl)cn3)C2)CC1. The third-order valence-electron chi connectivity index (χ3n) is 4.95. The van der Waals surface area contributed by atoms with Crippen molar-refractivity contribution in [2.75, 3.05) is 37.6 Å². The molecule has 1 unspecified atom stereocenters. The number of pyridine rings is 1. The normalized spacial score (nSPS) is 25.2. The number of halogens is 1. The molecule has 3 rings (SSSR count). The molecule has 0 spiro atoms. The largest absolute Gasteiger partial charge is 0.356 e. The summed E-state index contributed by atoms with van der Waals surface area (Å²) >= 11 is 5.93. The van der Waals surface area contributed by atoms with E-state index < -0.39 is 0 Å². The Bertz CT molecular complexity index is 440. The molecule has 2 saturated heterocycles. The smallest absolute Gasteiger partial charge is 0.128 e. The second kappa shape index (κ2) is 6.97. The zero-order chi connectivity index (χ0) is 14.7.